The highest BCUT2D eigenvalue weighted by Gasteiger charge is 2.25. The van der Waals surface area contributed by atoms with Gasteiger partial charge in [-0.3, -0.25) is 4.79 Å². The van der Waals surface area contributed by atoms with E-state index < -0.39 is 27.8 Å². The summed E-state index contributed by atoms with van der Waals surface area (Å²) < 4.78 is 45.7. The van der Waals surface area contributed by atoms with Crippen LogP contribution in [-0.2, 0) is 14.8 Å². The zero-order chi connectivity index (χ0) is 19.5. The molecule has 0 aliphatic rings. The van der Waals surface area contributed by atoms with Crippen LogP contribution in [-0.4, -0.2) is 27.5 Å². The van der Waals surface area contributed by atoms with E-state index >= 15 is 0 Å². The summed E-state index contributed by atoms with van der Waals surface area (Å²) in [5.74, 6) is -1.05. The first-order valence-electron chi connectivity index (χ1n) is 7.57. The van der Waals surface area contributed by atoms with Crippen LogP contribution in [0, 0.1) is 12.7 Å². The summed E-state index contributed by atoms with van der Waals surface area (Å²) in [6.07, 6.45) is 0. The molecule has 2 aromatic rings. The van der Waals surface area contributed by atoms with Crippen molar-refractivity contribution in [1.82, 2.24) is 4.72 Å². The van der Waals surface area contributed by atoms with E-state index in [0.29, 0.717) is 5.56 Å². The van der Waals surface area contributed by atoms with Crippen molar-refractivity contribution in [2.24, 2.45) is 0 Å². The van der Waals surface area contributed by atoms with Gasteiger partial charge in [0.15, 0.2) is 0 Å². The van der Waals surface area contributed by atoms with E-state index in [-0.39, 0.29) is 21.4 Å². The lowest BCUT2D eigenvalue weighted by Crippen LogP contribution is -2.41. The van der Waals surface area contributed by atoms with Gasteiger partial charge in [-0.25, -0.2) is 12.8 Å². The fourth-order valence-corrected chi connectivity index (χ4v) is 3.81. The summed E-state index contributed by atoms with van der Waals surface area (Å²) in [6.45, 7) is 3.07. The Labute approximate surface area is 156 Å². The fraction of sp³-hybridized carbons (Fsp3) is 0.235. The summed E-state index contributed by atoms with van der Waals surface area (Å²) in [5, 5.41) is 2.71. The number of carbonyl (C=O) groups is 1. The second-order valence-corrected chi connectivity index (χ2v) is 7.71. The number of benzene rings is 2. The van der Waals surface area contributed by atoms with Crippen LogP contribution >= 0.6 is 11.6 Å². The Kier molecular flexibility index (Phi) is 6.22. The third kappa shape index (κ3) is 4.72. The number of ether oxygens (including phenoxy) is 1. The summed E-state index contributed by atoms with van der Waals surface area (Å²) in [5.41, 5.74) is 0.910. The maximum Gasteiger partial charge on any atom is 0.245 e. The Morgan fingerprint density at radius 3 is 2.58 bits per heavy atom. The van der Waals surface area contributed by atoms with Crippen LogP contribution in [0.25, 0.3) is 0 Å². The van der Waals surface area contributed by atoms with Crippen molar-refractivity contribution in [3.8, 4) is 5.75 Å². The number of hydrogen-bond acceptors (Lipinski definition) is 4. The van der Waals surface area contributed by atoms with Gasteiger partial charge < -0.3 is 10.1 Å². The minimum Gasteiger partial charge on any atom is -0.495 e. The number of aryl methyl sites for hydroxylation is 1. The van der Waals surface area contributed by atoms with Crippen molar-refractivity contribution in [3.63, 3.8) is 0 Å². The van der Waals surface area contributed by atoms with Gasteiger partial charge in [-0.05, 0) is 49.7 Å². The predicted octanol–water partition coefficient (Wildman–Crippen LogP) is 3.10. The van der Waals surface area contributed by atoms with Crippen LogP contribution in [0.5, 0.6) is 5.75 Å². The average Bonchev–Trinajstić information content (AvgIpc) is 2.57. The number of halogens is 2. The number of amides is 1. The first-order chi connectivity index (χ1) is 12.1. The van der Waals surface area contributed by atoms with Crippen molar-refractivity contribution < 1.29 is 22.3 Å². The lowest BCUT2D eigenvalue weighted by Gasteiger charge is -2.17. The average molecular weight is 401 g/mol. The molecule has 0 aliphatic heterocycles. The van der Waals surface area contributed by atoms with Crippen molar-refractivity contribution in [1.29, 1.82) is 0 Å². The first-order valence-corrected chi connectivity index (χ1v) is 9.43. The zero-order valence-electron chi connectivity index (χ0n) is 14.3. The van der Waals surface area contributed by atoms with E-state index in [2.05, 4.69) is 10.0 Å². The van der Waals surface area contributed by atoms with Gasteiger partial charge in [0.2, 0.25) is 15.9 Å². The number of methoxy groups -OCH3 is 1. The number of nitrogens with one attached hydrogen (secondary N) is 2. The number of sulfonamides is 1. The minimum atomic E-state index is -4.07. The van der Waals surface area contributed by atoms with Gasteiger partial charge in [0.25, 0.3) is 0 Å². The lowest BCUT2D eigenvalue weighted by molar-refractivity contribution is -0.117. The third-order valence-corrected chi connectivity index (χ3v) is 5.39. The minimum absolute atomic E-state index is 0.0930. The number of rotatable bonds is 6. The summed E-state index contributed by atoms with van der Waals surface area (Å²) >= 11 is 5.86. The quantitative estimate of drug-likeness (QED) is 0.780. The molecule has 0 aliphatic carbocycles. The van der Waals surface area contributed by atoms with Crippen molar-refractivity contribution in [2.75, 3.05) is 12.4 Å². The molecule has 0 saturated heterocycles. The zero-order valence-corrected chi connectivity index (χ0v) is 15.9. The van der Waals surface area contributed by atoms with Crippen LogP contribution in [0.1, 0.15) is 12.5 Å². The van der Waals surface area contributed by atoms with Gasteiger partial charge >= 0.3 is 0 Å². The first kappa shape index (κ1) is 20.2. The fourth-order valence-electron chi connectivity index (χ4n) is 2.18. The second kappa shape index (κ2) is 8.03. The molecular formula is C17H18ClFN2O4S. The lowest BCUT2D eigenvalue weighted by atomic mass is 10.2. The smallest absolute Gasteiger partial charge is 0.245 e. The predicted molar refractivity (Wildman–Crippen MR) is 97.6 cm³/mol. The van der Waals surface area contributed by atoms with E-state index in [1.165, 1.54) is 44.4 Å². The Morgan fingerprint density at radius 2 is 1.92 bits per heavy atom. The number of anilines is 1. The van der Waals surface area contributed by atoms with E-state index in [1.807, 2.05) is 0 Å². The SMILES string of the molecule is COc1ccc(Cl)cc1S(=O)(=O)NC(C)C(=O)Nc1cc(F)ccc1C. The highest BCUT2D eigenvalue weighted by Crippen LogP contribution is 2.27. The molecule has 0 radical (unpaired) electrons. The Balaban J connectivity index is 2.20. The standard InChI is InChI=1S/C17H18ClFN2O4S/c1-10-4-6-13(19)9-14(10)20-17(22)11(2)21-26(23,24)16-8-12(18)5-7-15(16)25-3/h4-9,11,21H,1-3H3,(H,20,22). The van der Waals surface area contributed by atoms with E-state index in [1.54, 1.807) is 6.92 Å². The topological polar surface area (TPSA) is 84.5 Å². The van der Waals surface area contributed by atoms with Gasteiger partial charge in [-0.1, -0.05) is 17.7 Å². The van der Waals surface area contributed by atoms with Gasteiger partial charge in [0, 0.05) is 10.7 Å². The molecule has 2 rings (SSSR count). The van der Waals surface area contributed by atoms with Gasteiger partial charge in [0.1, 0.15) is 16.5 Å². The molecule has 26 heavy (non-hydrogen) atoms. The van der Waals surface area contributed by atoms with Crippen LogP contribution < -0.4 is 14.8 Å². The summed E-state index contributed by atoms with van der Waals surface area (Å²) in [7, 11) is -2.75. The molecular weight excluding hydrogens is 383 g/mol. The summed E-state index contributed by atoms with van der Waals surface area (Å²) in [4.78, 5) is 12.1. The molecule has 140 valence electrons. The van der Waals surface area contributed by atoms with E-state index in [9.17, 15) is 17.6 Å². The number of carbonyl (C=O) groups excluding carboxylic acids is 1. The number of hydrogen-bond donors (Lipinski definition) is 2. The van der Waals surface area contributed by atoms with E-state index in [4.69, 9.17) is 16.3 Å². The molecule has 0 saturated carbocycles. The molecule has 0 spiro atoms. The maximum absolute atomic E-state index is 13.3. The van der Waals surface area contributed by atoms with Crippen molar-refractivity contribution >= 4 is 33.2 Å². The molecule has 0 bridgehead atoms. The molecule has 0 heterocycles. The normalized spacial score (nSPS) is 12.5. The van der Waals surface area contributed by atoms with Gasteiger partial charge in [0.05, 0.1) is 13.2 Å². The molecule has 0 fully saturated rings. The summed E-state index contributed by atoms with van der Waals surface area (Å²) in [6, 6.07) is 6.95. The molecule has 1 amide bonds. The van der Waals surface area contributed by atoms with Crippen molar-refractivity contribution in [3.05, 3.63) is 52.8 Å². The molecule has 2 N–H and O–H groups in total. The molecule has 2 aromatic carbocycles. The Hall–Kier alpha value is -2.16. The highest BCUT2D eigenvalue weighted by atomic mass is 35.5. The molecule has 1 atom stereocenters. The maximum atomic E-state index is 13.3. The monoisotopic (exact) mass is 400 g/mol. The van der Waals surface area contributed by atoms with Crippen LogP contribution in [0.2, 0.25) is 5.02 Å². The Morgan fingerprint density at radius 1 is 1.23 bits per heavy atom. The van der Waals surface area contributed by atoms with Gasteiger partial charge in [-0.2, -0.15) is 4.72 Å². The van der Waals surface area contributed by atoms with Crippen molar-refractivity contribution in [2.45, 2.75) is 24.8 Å². The highest BCUT2D eigenvalue weighted by molar-refractivity contribution is 7.89. The van der Waals surface area contributed by atoms with Crippen LogP contribution in [0.3, 0.4) is 0 Å². The Bertz CT molecular complexity index is 934. The van der Waals surface area contributed by atoms with Gasteiger partial charge in [-0.15, -0.1) is 0 Å². The third-order valence-electron chi connectivity index (χ3n) is 3.60. The molecule has 0 aromatic heterocycles. The van der Waals surface area contributed by atoms with Crippen LogP contribution in [0.4, 0.5) is 10.1 Å². The largest absolute Gasteiger partial charge is 0.495 e. The molecule has 6 nitrogen and oxygen atoms in total. The molecule has 1 unspecified atom stereocenters. The molecule has 9 heteroatoms. The second-order valence-electron chi connectivity index (χ2n) is 5.59. The van der Waals surface area contributed by atoms with E-state index in [0.717, 1.165) is 6.07 Å². The van der Waals surface area contributed by atoms with Crippen LogP contribution in [0.15, 0.2) is 41.3 Å².